The number of nitrogens with zero attached hydrogens (tertiary/aromatic N) is 1. The number of nitrogens with one attached hydrogen (secondary N) is 1. The van der Waals surface area contributed by atoms with Gasteiger partial charge in [0.15, 0.2) is 0 Å². The zero-order valence-corrected chi connectivity index (χ0v) is 13.3. The Morgan fingerprint density at radius 2 is 1.84 bits per heavy atom. The lowest BCUT2D eigenvalue weighted by Crippen LogP contribution is -2.50. The third-order valence-electron chi connectivity index (χ3n) is 4.24. The first-order valence-electron chi connectivity index (χ1n) is 8.31. The summed E-state index contributed by atoms with van der Waals surface area (Å²) in [6.45, 7) is 8.23. The van der Waals surface area contributed by atoms with Gasteiger partial charge < -0.3 is 10.1 Å². The Balaban J connectivity index is 2.48. The second kappa shape index (κ2) is 10.6. The van der Waals surface area contributed by atoms with Crippen LogP contribution in [0.15, 0.2) is 0 Å². The van der Waals surface area contributed by atoms with Crippen molar-refractivity contribution in [1.82, 2.24) is 10.2 Å². The smallest absolute Gasteiger partial charge is 0.0593 e. The van der Waals surface area contributed by atoms with Crippen LogP contribution in [0.1, 0.15) is 58.8 Å². The maximum absolute atomic E-state index is 5.51. The summed E-state index contributed by atoms with van der Waals surface area (Å²) in [7, 11) is 2.27. The molecule has 3 heteroatoms. The molecule has 114 valence electrons. The zero-order valence-electron chi connectivity index (χ0n) is 13.3. The summed E-state index contributed by atoms with van der Waals surface area (Å²) < 4.78 is 5.51. The summed E-state index contributed by atoms with van der Waals surface area (Å²) in [5.41, 5.74) is 0. The Morgan fingerprint density at radius 1 is 1.11 bits per heavy atom. The number of hydrogen-bond donors (Lipinski definition) is 1. The van der Waals surface area contributed by atoms with Gasteiger partial charge in [-0.2, -0.15) is 0 Å². The van der Waals surface area contributed by atoms with Gasteiger partial charge in [-0.1, -0.05) is 32.6 Å². The molecule has 3 nitrogen and oxygen atoms in total. The first-order chi connectivity index (χ1) is 9.29. The Hall–Kier alpha value is -0.120. The van der Waals surface area contributed by atoms with Gasteiger partial charge in [0, 0.05) is 25.2 Å². The predicted octanol–water partition coefficient (Wildman–Crippen LogP) is 3.05. The van der Waals surface area contributed by atoms with E-state index in [1.165, 1.54) is 44.9 Å². The summed E-state index contributed by atoms with van der Waals surface area (Å²) in [6.07, 6.45) is 9.50. The average Bonchev–Trinajstić information content (AvgIpc) is 2.38. The molecule has 1 fully saturated rings. The molecule has 0 aliphatic heterocycles. The number of ether oxygens (including phenoxy) is 1. The van der Waals surface area contributed by atoms with Crippen molar-refractivity contribution in [3.63, 3.8) is 0 Å². The Labute approximate surface area is 120 Å². The normalized spacial score (nSPS) is 25.3. The van der Waals surface area contributed by atoms with Crippen LogP contribution in [0.4, 0.5) is 0 Å². The maximum Gasteiger partial charge on any atom is 0.0593 e. The minimum atomic E-state index is 0.673. The van der Waals surface area contributed by atoms with Crippen LogP contribution in [0, 0.1) is 0 Å². The van der Waals surface area contributed by atoms with E-state index in [0.29, 0.717) is 12.1 Å². The average molecular weight is 270 g/mol. The zero-order chi connectivity index (χ0) is 13.9. The number of hydrogen-bond acceptors (Lipinski definition) is 3. The van der Waals surface area contributed by atoms with Crippen LogP contribution in [0.2, 0.25) is 0 Å². The minimum Gasteiger partial charge on any atom is -0.380 e. The van der Waals surface area contributed by atoms with Crippen molar-refractivity contribution in [3.05, 3.63) is 0 Å². The van der Waals surface area contributed by atoms with Crippen molar-refractivity contribution >= 4 is 0 Å². The summed E-state index contributed by atoms with van der Waals surface area (Å²) in [6, 6.07) is 1.36. The van der Waals surface area contributed by atoms with Gasteiger partial charge in [0.1, 0.15) is 0 Å². The quantitative estimate of drug-likeness (QED) is 0.686. The summed E-state index contributed by atoms with van der Waals surface area (Å²) in [5.74, 6) is 0. The fourth-order valence-electron chi connectivity index (χ4n) is 3.08. The first kappa shape index (κ1) is 16.9. The van der Waals surface area contributed by atoms with Crippen LogP contribution in [-0.4, -0.2) is 50.3 Å². The minimum absolute atomic E-state index is 0.673. The number of rotatable bonds is 8. The first-order valence-corrected chi connectivity index (χ1v) is 8.31. The van der Waals surface area contributed by atoms with Gasteiger partial charge in [-0.15, -0.1) is 0 Å². The second-order valence-corrected chi connectivity index (χ2v) is 5.80. The largest absolute Gasteiger partial charge is 0.380 e. The third kappa shape index (κ3) is 6.73. The van der Waals surface area contributed by atoms with E-state index in [1.807, 2.05) is 0 Å². The van der Waals surface area contributed by atoms with Gasteiger partial charge in [0.25, 0.3) is 0 Å². The molecule has 2 unspecified atom stereocenters. The molecule has 19 heavy (non-hydrogen) atoms. The molecule has 0 radical (unpaired) electrons. The summed E-state index contributed by atoms with van der Waals surface area (Å²) >= 11 is 0. The lowest BCUT2D eigenvalue weighted by molar-refractivity contribution is 0.0898. The van der Waals surface area contributed by atoms with Gasteiger partial charge in [-0.3, -0.25) is 4.90 Å². The highest BCUT2D eigenvalue weighted by Crippen LogP contribution is 2.21. The van der Waals surface area contributed by atoms with Crippen LogP contribution >= 0.6 is 0 Å². The molecule has 0 spiro atoms. The number of likely N-dealkylation sites (N-methyl/N-ethyl adjacent to an activating group) is 1. The molecule has 1 saturated carbocycles. The van der Waals surface area contributed by atoms with E-state index in [9.17, 15) is 0 Å². The lowest BCUT2D eigenvalue weighted by atomic mass is 9.91. The highest BCUT2D eigenvalue weighted by atomic mass is 16.5. The maximum atomic E-state index is 5.51. The highest BCUT2D eigenvalue weighted by Gasteiger charge is 2.25. The Bertz CT molecular complexity index is 209. The van der Waals surface area contributed by atoms with E-state index in [4.69, 9.17) is 4.74 Å². The molecule has 1 aliphatic rings. The molecular weight excluding hydrogens is 236 g/mol. The molecule has 0 amide bonds. The van der Waals surface area contributed by atoms with E-state index < -0.39 is 0 Å². The van der Waals surface area contributed by atoms with E-state index >= 15 is 0 Å². The molecule has 2 atom stereocenters. The predicted molar refractivity (Wildman–Crippen MR) is 82.7 cm³/mol. The van der Waals surface area contributed by atoms with Gasteiger partial charge in [0.2, 0.25) is 0 Å². The molecule has 0 aromatic carbocycles. The van der Waals surface area contributed by atoms with E-state index in [0.717, 1.165) is 26.3 Å². The summed E-state index contributed by atoms with van der Waals surface area (Å²) in [4.78, 5) is 2.52. The second-order valence-electron chi connectivity index (χ2n) is 5.80. The lowest BCUT2D eigenvalue weighted by Gasteiger charge is -2.37. The molecule has 1 rings (SSSR count). The SMILES string of the molecule is CCCNC1CCCCCCC1N(C)CCOCC. The third-order valence-corrected chi connectivity index (χ3v) is 4.24. The Morgan fingerprint density at radius 3 is 2.53 bits per heavy atom. The Kier molecular flexibility index (Phi) is 9.48. The van der Waals surface area contributed by atoms with E-state index in [2.05, 4.69) is 31.1 Å². The van der Waals surface area contributed by atoms with Crippen LogP contribution in [-0.2, 0) is 4.74 Å². The molecule has 0 aromatic heterocycles. The van der Waals surface area contributed by atoms with Crippen LogP contribution in [0.5, 0.6) is 0 Å². The molecule has 0 saturated heterocycles. The topological polar surface area (TPSA) is 24.5 Å². The van der Waals surface area contributed by atoms with Crippen molar-refractivity contribution in [2.75, 3.05) is 33.4 Å². The monoisotopic (exact) mass is 270 g/mol. The van der Waals surface area contributed by atoms with Crippen LogP contribution in [0.25, 0.3) is 0 Å². The fourth-order valence-corrected chi connectivity index (χ4v) is 3.08. The molecule has 0 aromatic rings. The molecule has 0 bridgehead atoms. The molecule has 1 N–H and O–H groups in total. The van der Waals surface area contributed by atoms with Gasteiger partial charge >= 0.3 is 0 Å². The fraction of sp³-hybridized carbons (Fsp3) is 1.00. The van der Waals surface area contributed by atoms with Crippen molar-refractivity contribution in [2.45, 2.75) is 70.9 Å². The van der Waals surface area contributed by atoms with Crippen molar-refractivity contribution < 1.29 is 4.74 Å². The van der Waals surface area contributed by atoms with Crippen LogP contribution in [0.3, 0.4) is 0 Å². The van der Waals surface area contributed by atoms with Crippen molar-refractivity contribution in [2.24, 2.45) is 0 Å². The standard InChI is InChI=1S/C16H34N2O/c1-4-12-17-15-10-8-6-7-9-11-16(15)18(3)13-14-19-5-2/h15-17H,4-14H2,1-3H3. The van der Waals surface area contributed by atoms with E-state index in [-0.39, 0.29) is 0 Å². The van der Waals surface area contributed by atoms with E-state index in [1.54, 1.807) is 0 Å². The molecule has 0 heterocycles. The van der Waals surface area contributed by atoms with Gasteiger partial charge in [-0.25, -0.2) is 0 Å². The highest BCUT2D eigenvalue weighted by molar-refractivity contribution is 4.84. The molecular formula is C16H34N2O. The van der Waals surface area contributed by atoms with Crippen LogP contribution < -0.4 is 5.32 Å². The van der Waals surface area contributed by atoms with Crippen molar-refractivity contribution in [1.29, 1.82) is 0 Å². The molecule has 1 aliphatic carbocycles. The van der Waals surface area contributed by atoms with Gasteiger partial charge in [0.05, 0.1) is 6.61 Å². The van der Waals surface area contributed by atoms with Crippen molar-refractivity contribution in [3.8, 4) is 0 Å². The summed E-state index contributed by atoms with van der Waals surface area (Å²) in [5, 5.41) is 3.78. The van der Waals surface area contributed by atoms with Gasteiger partial charge in [-0.05, 0) is 39.8 Å².